The Hall–Kier alpha value is -3.58. The number of thioether (sulfide) groups is 1. The molecule has 2 aliphatic rings. The van der Waals surface area contributed by atoms with Crippen LogP contribution in [0.25, 0.3) is 5.70 Å². The van der Waals surface area contributed by atoms with Crippen LogP contribution in [0.3, 0.4) is 0 Å². The zero-order valence-corrected chi connectivity index (χ0v) is 18.5. The van der Waals surface area contributed by atoms with Gasteiger partial charge < -0.3 is 10.1 Å². The first-order chi connectivity index (χ1) is 15.7. The first-order valence-corrected chi connectivity index (χ1v) is 11.7. The van der Waals surface area contributed by atoms with E-state index in [9.17, 15) is 0 Å². The third-order valence-corrected chi connectivity index (χ3v) is 6.73. The van der Waals surface area contributed by atoms with Gasteiger partial charge in [0.15, 0.2) is 0 Å². The first kappa shape index (κ1) is 19.1. The summed E-state index contributed by atoms with van der Waals surface area (Å²) < 4.78 is 8.59. The lowest BCUT2D eigenvalue weighted by Gasteiger charge is -2.39. The van der Waals surface area contributed by atoms with Crippen LogP contribution >= 0.6 is 11.8 Å². The Labute approximate surface area is 190 Å². The fourth-order valence-corrected chi connectivity index (χ4v) is 4.90. The lowest BCUT2D eigenvalue weighted by Crippen LogP contribution is -2.32. The van der Waals surface area contributed by atoms with E-state index in [4.69, 9.17) is 4.74 Å². The topological polar surface area (TPSA) is 64.9 Å². The van der Waals surface area contributed by atoms with Gasteiger partial charge in [-0.05, 0) is 54.6 Å². The molecular formula is C25H21N5OS. The molecule has 158 valence electrons. The van der Waals surface area contributed by atoms with E-state index >= 15 is 0 Å². The largest absolute Gasteiger partial charge is 0.480 e. The predicted octanol–water partition coefficient (Wildman–Crippen LogP) is 5.26. The molecule has 7 heteroatoms. The molecule has 1 N–H and O–H groups in total. The van der Waals surface area contributed by atoms with Crippen molar-refractivity contribution in [2.45, 2.75) is 24.0 Å². The van der Waals surface area contributed by atoms with Crippen molar-refractivity contribution in [1.82, 2.24) is 19.7 Å². The molecule has 0 unspecified atom stereocenters. The van der Waals surface area contributed by atoms with Gasteiger partial charge in [-0.3, -0.25) is 4.98 Å². The summed E-state index contributed by atoms with van der Waals surface area (Å²) in [6, 6.07) is 18.7. The van der Waals surface area contributed by atoms with Gasteiger partial charge in [-0.25, -0.2) is 4.68 Å². The molecule has 0 amide bonds. The van der Waals surface area contributed by atoms with Crippen molar-refractivity contribution >= 4 is 23.4 Å². The van der Waals surface area contributed by atoms with Gasteiger partial charge in [0.2, 0.25) is 5.95 Å². The summed E-state index contributed by atoms with van der Waals surface area (Å²) in [6.45, 7) is 2.09. The molecule has 2 aliphatic heterocycles. The average Bonchev–Trinajstić information content (AvgIpc) is 3.31. The number of nitrogens with zero attached hydrogens (tertiary/aromatic N) is 4. The smallest absolute Gasteiger partial charge is 0.226 e. The summed E-state index contributed by atoms with van der Waals surface area (Å²) >= 11 is 1.73. The molecule has 0 spiro atoms. The number of anilines is 1. The quantitative estimate of drug-likeness (QED) is 0.439. The highest BCUT2D eigenvalue weighted by molar-refractivity contribution is 7.98. The highest BCUT2D eigenvalue weighted by atomic mass is 32.2. The standard InChI is InChI=1S/C25H21N5OS/c1-15-5-10-20-19(12-15)22-21(24(31-20)16-6-8-18(32-2)9-7-16)23(17-4-3-11-26-13-17)30-25(29-22)27-14-28-30/h3-14,23-24H,1-2H3,(H,27,28,29)/t23-,24+/m0/s1. The molecule has 32 heavy (non-hydrogen) atoms. The van der Waals surface area contributed by atoms with E-state index < -0.39 is 0 Å². The van der Waals surface area contributed by atoms with Gasteiger partial charge in [-0.2, -0.15) is 10.1 Å². The zero-order chi connectivity index (χ0) is 21.7. The number of hydrogen-bond donors (Lipinski definition) is 1. The van der Waals surface area contributed by atoms with Gasteiger partial charge in [0.05, 0.1) is 5.70 Å². The van der Waals surface area contributed by atoms with Crippen molar-refractivity contribution in [2.24, 2.45) is 0 Å². The molecule has 2 aromatic carbocycles. The second kappa shape index (κ2) is 7.53. The molecule has 0 saturated carbocycles. The van der Waals surface area contributed by atoms with Crippen LogP contribution in [-0.4, -0.2) is 26.0 Å². The Bertz CT molecular complexity index is 1330. The Morgan fingerprint density at radius 3 is 2.72 bits per heavy atom. The highest BCUT2D eigenvalue weighted by Crippen LogP contribution is 2.50. The minimum absolute atomic E-state index is 0.184. The van der Waals surface area contributed by atoms with Crippen LogP contribution in [0.4, 0.5) is 5.95 Å². The van der Waals surface area contributed by atoms with Crippen molar-refractivity contribution < 1.29 is 4.74 Å². The molecule has 4 heterocycles. The number of rotatable bonds is 3. The number of aromatic nitrogens is 4. The van der Waals surface area contributed by atoms with Gasteiger partial charge in [0, 0.05) is 28.4 Å². The fourth-order valence-electron chi connectivity index (χ4n) is 4.50. The maximum atomic E-state index is 6.67. The zero-order valence-electron chi connectivity index (χ0n) is 17.7. The van der Waals surface area contributed by atoms with Crippen LogP contribution in [-0.2, 0) is 0 Å². The van der Waals surface area contributed by atoms with Crippen LogP contribution < -0.4 is 10.1 Å². The van der Waals surface area contributed by atoms with Crippen LogP contribution in [0.1, 0.15) is 34.4 Å². The SMILES string of the molecule is CSc1ccc([C@H]2Oc3ccc(C)cc3C3=C2[C@H](c2cccnc2)n2ncnc2N3)cc1. The predicted molar refractivity (Wildman–Crippen MR) is 126 cm³/mol. The van der Waals surface area contributed by atoms with E-state index in [1.807, 2.05) is 16.9 Å². The molecule has 0 bridgehead atoms. The van der Waals surface area contributed by atoms with Crippen molar-refractivity contribution in [2.75, 3.05) is 11.6 Å². The number of hydrogen-bond acceptors (Lipinski definition) is 6. The summed E-state index contributed by atoms with van der Waals surface area (Å²) in [5.74, 6) is 1.57. The Morgan fingerprint density at radius 2 is 1.94 bits per heavy atom. The fraction of sp³-hybridized carbons (Fsp3) is 0.160. The second-order valence-electron chi connectivity index (χ2n) is 7.94. The molecular weight excluding hydrogens is 418 g/mol. The third-order valence-electron chi connectivity index (χ3n) is 5.99. The molecule has 0 fully saturated rings. The van der Waals surface area contributed by atoms with Crippen molar-refractivity contribution in [3.05, 3.63) is 101 Å². The lowest BCUT2D eigenvalue weighted by atomic mass is 9.85. The Balaban J connectivity index is 1.61. The summed E-state index contributed by atoms with van der Waals surface area (Å²) in [5.41, 5.74) is 6.49. The van der Waals surface area contributed by atoms with E-state index in [1.165, 1.54) is 10.5 Å². The summed E-state index contributed by atoms with van der Waals surface area (Å²) in [6.07, 6.45) is 7.08. The highest BCUT2D eigenvalue weighted by Gasteiger charge is 2.41. The maximum Gasteiger partial charge on any atom is 0.226 e. The van der Waals surface area contributed by atoms with E-state index in [-0.39, 0.29) is 12.1 Å². The third kappa shape index (κ3) is 3.00. The normalized spacial score (nSPS) is 18.8. The summed E-state index contributed by atoms with van der Waals surface area (Å²) in [5, 5.41) is 8.11. The number of nitrogens with one attached hydrogen (secondary N) is 1. The average molecular weight is 440 g/mol. The summed E-state index contributed by atoms with van der Waals surface area (Å²) in [4.78, 5) is 10.1. The van der Waals surface area contributed by atoms with Gasteiger partial charge in [-0.15, -0.1) is 11.8 Å². The molecule has 0 saturated heterocycles. The van der Waals surface area contributed by atoms with E-state index in [2.05, 4.69) is 82.1 Å². The van der Waals surface area contributed by atoms with E-state index in [0.717, 1.165) is 33.7 Å². The van der Waals surface area contributed by atoms with E-state index in [1.54, 1.807) is 24.3 Å². The maximum absolute atomic E-state index is 6.67. The lowest BCUT2D eigenvalue weighted by molar-refractivity contribution is 0.223. The number of aryl methyl sites for hydroxylation is 1. The van der Waals surface area contributed by atoms with Gasteiger partial charge in [0.1, 0.15) is 24.2 Å². The molecule has 6 nitrogen and oxygen atoms in total. The molecule has 0 aliphatic carbocycles. The van der Waals surface area contributed by atoms with E-state index in [0.29, 0.717) is 5.95 Å². The minimum atomic E-state index is -0.272. The molecule has 2 atom stereocenters. The minimum Gasteiger partial charge on any atom is -0.480 e. The molecule has 2 aromatic heterocycles. The number of ether oxygens (including phenoxy) is 1. The van der Waals surface area contributed by atoms with Gasteiger partial charge in [0.25, 0.3) is 0 Å². The monoisotopic (exact) mass is 439 g/mol. The second-order valence-corrected chi connectivity index (χ2v) is 8.82. The Morgan fingerprint density at radius 1 is 1.06 bits per heavy atom. The Kier molecular flexibility index (Phi) is 4.50. The van der Waals surface area contributed by atoms with Crippen molar-refractivity contribution in [3.8, 4) is 5.75 Å². The number of benzene rings is 2. The first-order valence-electron chi connectivity index (χ1n) is 10.4. The molecule has 0 radical (unpaired) electrons. The van der Waals surface area contributed by atoms with Gasteiger partial charge >= 0.3 is 0 Å². The van der Waals surface area contributed by atoms with Gasteiger partial charge in [-0.1, -0.05) is 29.8 Å². The molecule has 6 rings (SSSR count). The molecule has 4 aromatic rings. The number of fused-ring (bicyclic) bond motifs is 3. The van der Waals surface area contributed by atoms with Crippen LogP contribution in [0.5, 0.6) is 5.75 Å². The van der Waals surface area contributed by atoms with Crippen molar-refractivity contribution in [3.63, 3.8) is 0 Å². The van der Waals surface area contributed by atoms with Crippen LogP contribution in [0.15, 0.2) is 83.8 Å². The van der Waals surface area contributed by atoms with Crippen molar-refractivity contribution in [1.29, 1.82) is 0 Å². The summed E-state index contributed by atoms with van der Waals surface area (Å²) in [7, 11) is 0. The number of pyridine rings is 1. The van der Waals surface area contributed by atoms with Crippen LogP contribution in [0, 0.1) is 6.92 Å². The van der Waals surface area contributed by atoms with Crippen LogP contribution in [0.2, 0.25) is 0 Å².